The van der Waals surface area contributed by atoms with E-state index in [2.05, 4.69) is 258 Å². The van der Waals surface area contributed by atoms with Gasteiger partial charge in [-0.1, -0.05) is 188 Å². The zero-order valence-corrected chi connectivity index (χ0v) is 36.6. The number of para-hydroxylation sites is 5. The van der Waals surface area contributed by atoms with Crippen LogP contribution in [0.15, 0.2) is 259 Å². The van der Waals surface area contributed by atoms with Crippen LogP contribution >= 0.6 is 0 Å². The highest BCUT2D eigenvalue weighted by molar-refractivity contribution is 6.12. The van der Waals surface area contributed by atoms with Crippen LogP contribution in [0, 0.1) is 0 Å². The SMILES string of the molecule is c1ccc(-c2cccc3cccc(-c4ccccc4N(c4ccc(-c5ccc6c(c5)c5ccccc5n6-c5ccccc5)cc4)c4cccc(-c5cccc6c5oc5ccccc56)c4)c23)cc1. The molecule has 2 aromatic heterocycles. The Balaban J connectivity index is 0.985. The minimum Gasteiger partial charge on any atom is -0.455 e. The van der Waals surface area contributed by atoms with Gasteiger partial charge in [-0.3, -0.25) is 0 Å². The summed E-state index contributed by atoms with van der Waals surface area (Å²) in [5, 5.41) is 7.15. The van der Waals surface area contributed by atoms with Gasteiger partial charge in [0.25, 0.3) is 0 Å². The van der Waals surface area contributed by atoms with Crippen LogP contribution in [0.5, 0.6) is 0 Å². The van der Waals surface area contributed by atoms with Gasteiger partial charge in [0.05, 0.1) is 16.7 Å². The van der Waals surface area contributed by atoms with Crippen LogP contribution in [0.4, 0.5) is 17.1 Å². The second kappa shape index (κ2) is 16.0. The van der Waals surface area contributed by atoms with Crippen molar-refractivity contribution in [1.29, 1.82) is 0 Å². The van der Waals surface area contributed by atoms with Gasteiger partial charge in [0.1, 0.15) is 11.2 Å². The van der Waals surface area contributed by atoms with Crippen LogP contribution in [0.1, 0.15) is 0 Å². The normalized spacial score (nSPS) is 11.6. The molecule has 13 aromatic rings. The van der Waals surface area contributed by atoms with E-state index >= 15 is 0 Å². The van der Waals surface area contributed by atoms with E-state index in [1.54, 1.807) is 0 Å². The van der Waals surface area contributed by atoms with Crippen LogP contribution < -0.4 is 4.90 Å². The van der Waals surface area contributed by atoms with Crippen LogP contribution in [-0.4, -0.2) is 4.57 Å². The number of anilines is 3. The number of aromatic nitrogens is 1. The zero-order chi connectivity index (χ0) is 44.3. The molecule has 11 aromatic carbocycles. The molecule has 3 heteroatoms. The molecule has 3 nitrogen and oxygen atoms in total. The molecule has 0 N–H and O–H groups in total. The number of benzene rings is 11. The molecule has 0 aliphatic heterocycles. The first-order valence-electron chi connectivity index (χ1n) is 22.9. The highest BCUT2D eigenvalue weighted by atomic mass is 16.3. The minimum absolute atomic E-state index is 0.891. The Labute approximate surface area is 388 Å². The Morgan fingerprint density at radius 2 is 0.940 bits per heavy atom. The quantitative estimate of drug-likeness (QED) is 0.152. The first-order chi connectivity index (χ1) is 33.2. The molecule has 314 valence electrons. The summed E-state index contributed by atoms with van der Waals surface area (Å²) in [5.41, 5.74) is 17.7. The Bertz CT molecular complexity index is 3970. The molecule has 0 unspecified atom stereocenters. The first-order valence-corrected chi connectivity index (χ1v) is 22.9. The highest BCUT2D eigenvalue weighted by Crippen LogP contribution is 2.46. The summed E-state index contributed by atoms with van der Waals surface area (Å²) in [6, 6.07) is 91.9. The summed E-state index contributed by atoms with van der Waals surface area (Å²) in [7, 11) is 0. The lowest BCUT2D eigenvalue weighted by Gasteiger charge is -2.29. The summed E-state index contributed by atoms with van der Waals surface area (Å²) < 4.78 is 8.96. The third kappa shape index (κ3) is 6.51. The first kappa shape index (κ1) is 38.5. The molecule has 13 rings (SSSR count). The van der Waals surface area contributed by atoms with E-state index in [1.807, 2.05) is 6.07 Å². The van der Waals surface area contributed by atoms with Gasteiger partial charge in [0.2, 0.25) is 0 Å². The van der Waals surface area contributed by atoms with Crippen LogP contribution in [-0.2, 0) is 0 Å². The van der Waals surface area contributed by atoms with Crippen molar-refractivity contribution in [3.8, 4) is 50.2 Å². The molecule has 67 heavy (non-hydrogen) atoms. The maximum Gasteiger partial charge on any atom is 0.143 e. The van der Waals surface area contributed by atoms with Crippen molar-refractivity contribution in [1.82, 2.24) is 4.57 Å². The summed E-state index contributed by atoms with van der Waals surface area (Å²) in [4.78, 5) is 2.42. The van der Waals surface area contributed by atoms with E-state index in [4.69, 9.17) is 4.42 Å². The number of rotatable bonds is 8. The second-order valence-electron chi connectivity index (χ2n) is 17.2. The van der Waals surface area contributed by atoms with Crippen molar-refractivity contribution in [3.63, 3.8) is 0 Å². The fourth-order valence-electron chi connectivity index (χ4n) is 10.3. The van der Waals surface area contributed by atoms with E-state index in [0.717, 1.165) is 66.9 Å². The molecule has 0 saturated carbocycles. The van der Waals surface area contributed by atoms with E-state index in [9.17, 15) is 0 Å². The van der Waals surface area contributed by atoms with Gasteiger partial charge in [0.15, 0.2) is 0 Å². The van der Waals surface area contributed by atoms with Crippen molar-refractivity contribution in [2.24, 2.45) is 0 Å². The molecule has 0 saturated heterocycles. The molecular weight excluding hydrogens is 813 g/mol. The average Bonchev–Trinajstić information content (AvgIpc) is 3.95. The lowest BCUT2D eigenvalue weighted by molar-refractivity contribution is 0.670. The van der Waals surface area contributed by atoms with Gasteiger partial charge >= 0.3 is 0 Å². The lowest BCUT2D eigenvalue weighted by Crippen LogP contribution is -2.11. The van der Waals surface area contributed by atoms with Crippen molar-refractivity contribution >= 4 is 71.6 Å². The van der Waals surface area contributed by atoms with E-state index < -0.39 is 0 Å². The van der Waals surface area contributed by atoms with Crippen LogP contribution in [0.2, 0.25) is 0 Å². The maximum absolute atomic E-state index is 6.59. The molecule has 0 bridgehead atoms. The molecule has 0 fully saturated rings. The number of fused-ring (bicyclic) bond motifs is 7. The summed E-state index contributed by atoms with van der Waals surface area (Å²) in [6.07, 6.45) is 0. The second-order valence-corrected chi connectivity index (χ2v) is 17.2. The summed E-state index contributed by atoms with van der Waals surface area (Å²) in [5.74, 6) is 0. The van der Waals surface area contributed by atoms with E-state index in [0.29, 0.717) is 0 Å². The number of furan rings is 1. The minimum atomic E-state index is 0.891. The highest BCUT2D eigenvalue weighted by Gasteiger charge is 2.22. The summed E-state index contributed by atoms with van der Waals surface area (Å²) >= 11 is 0. The van der Waals surface area contributed by atoms with Gasteiger partial charge in [0, 0.05) is 49.7 Å². The Kier molecular flexibility index (Phi) is 9.17. The Morgan fingerprint density at radius 1 is 0.328 bits per heavy atom. The van der Waals surface area contributed by atoms with Gasteiger partial charge in [-0.2, -0.15) is 0 Å². The fourth-order valence-corrected chi connectivity index (χ4v) is 10.3. The van der Waals surface area contributed by atoms with Gasteiger partial charge in [-0.05, 0) is 111 Å². The van der Waals surface area contributed by atoms with Crippen LogP contribution in [0.3, 0.4) is 0 Å². The van der Waals surface area contributed by atoms with Crippen molar-refractivity contribution < 1.29 is 4.42 Å². The molecule has 0 spiro atoms. The van der Waals surface area contributed by atoms with Gasteiger partial charge < -0.3 is 13.9 Å². The van der Waals surface area contributed by atoms with Crippen molar-refractivity contribution in [3.05, 3.63) is 255 Å². The summed E-state index contributed by atoms with van der Waals surface area (Å²) in [6.45, 7) is 0. The number of nitrogens with zero attached hydrogens (tertiary/aromatic N) is 2. The molecule has 0 aliphatic carbocycles. The van der Waals surface area contributed by atoms with E-state index in [1.165, 1.54) is 54.8 Å². The predicted molar refractivity (Wildman–Crippen MR) is 282 cm³/mol. The third-order valence-corrected chi connectivity index (χ3v) is 13.4. The fraction of sp³-hybridized carbons (Fsp3) is 0. The largest absolute Gasteiger partial charge is 0.455 e. The third-order valence-electron chi connectivity index (χ3n) is 13.4. The predicted octanol–water partition coefficient (Wildman–Crippen LogP) is 18.0. The Morgan fingerprint density at radius 3 is 1.79 bits per heavy atom. The molecule has 0 atom stereocenters. The van der Waals surface area contributed by atoms with E-state index in [-0.39, 0.29) is 0 Å². The molecule has 0 aliphatic rings. The number of hydrogen-bond donors (Lipinski definition) is 0. The zero-order valence-electron chi connectivity index (χ0n) is 36.6. The maximum atomic E-state index is 6.59. The topological polar surface area (TPSA) is 21.3 Å². The van der Waals surface area contributed by atoms with Gasteiger partial charge in [-0.25, -0.2) is 0 Å². The number of hydrogen-bond acceptors (Lipinski definition) is 2. The van der Waals surface area contributed by atoms with Crippen molar-refractivity contribution in [2.45, 2.75) is 0 Å². The van der Waals surface area contributed by atoms with Crippen molar-refractivity contribution in [2.75, 3.05) is 4.90 Å². The molecule has 2 heterocycles. The average molecular weight is 855 g/mol. The monoisotopic (exact) mass is 854 g/mol. The molecule has 0 amide bonds. The smallest absolute Gasteiger partial charge is 0.143 e. The Hall–Kier alpha value is -8.92. The van der Waals surface area contributed by atoms with Gasteiger partial charge in [-0.15, -0.1) is 0 Å². The molecular formula is C64H42N2O. The standard InChI is InChI=1S/C64H42N2O/c1-3-17-44(18-4-1)51-28-14-19-45-20-15-30-56(63(45)51)53-25-7-10-32-59(53)65(50-24-13-21-47(41-50)52-29-16-31-57-55-27-9-12-34-62(55)67-64(52)57)49-38-35-43(36-39-49)46-37-40-61-58(42-46)54-26-8-11-33-60(54)66(61)48-22-5-2-6-23-48/h1-42H. The van der Waals surface area contributed by atoms with Crippen LogP contribution in [0.25, 0.3) is 105 Å². The molecule has 0 radical (unpaired) electrons. The lowest BCUT2D eigenvalue weighted by atomic mass is 9.90.